The SMILES string of the molecule is [2H]C([2H])([2H])n1c(=O)cnc2ccc(OCCNC[C@@H]3CN(c4cnc5c(n4)NC(=O)CS5)C(=O)O3)nc21. The summed E-state index contributed by atoms with van der Waals surface area (Å²) in [6.07, 6.45) is 1.38. The summed E-state index contributed by atoms with van der Waals surface area (Å²) in [5, 5.41) is 6.35. The number of pyridine rings is 1. The van der Waals surface area contributed by atoms with Crippen molar-refractivity contribution >= 4 is 46.6 Å². The second-order valence-electron chi connectivity index (χ2n) is 7.31. The summed E-state index contributed by atoms with van der Waals surface area (Å²) in [6.45, 7) is -1.59. The highest BCUT2D eigenvalue weighted by molar-refractivity contribution is 8.00. The highest BCUT2D eigenvalue weighted by atomic mass is 32.2. The average molecular weight is 488 g/mol. The van der Waals surface area contributed by atoms with Gasteiger partial charge in [-0.25, -0.2) is 19.7 Å². The molecule has 0 aliphatic carbocycles. The number of cyclic esters (lactones) is 1. The molecule has 13 nitrogen and oxygen atoms in total. The van der Waals surface area contributed by atoms with Crippen LogP contribution in [0.25, 0.3) is 11.2 Å². The summed E-state index contributed by atoms with van der Waals surface area (Å²) in [5.74, 6) is 0.819. The molecule has 2 N–H and O–H groups in total. The van der Waals surface area contributed by atoms with Crippen LogP contribution in [0.4, 0.5) is 16.4 Å². The monoisotopic (exact) mass is 487 g/mol. The number of nitrogens with one attached hydrogen (secondary N) is 2. The molecule has 2 aliphatic rings. The van der Waals surface area contributed by atoms with E-state index in [9.17, 15) is 14.4 Å². The molecule has 3 aromatic rings. The van der Waals surface area contributed by atoms with Gasteiger partial charge in [-0.15, -0.1) is 0 Å². The maximum atomic E-state index is 12.3. The van der Waals surface area contributed by atoms with Crippen LogP contribution < -0.4 is 25.8 Å². The van der Waals surface area contributed by atoms with Crippen LogP contribution in [0.1, 0.15) is 4.11 Å². The number of ether oxygens (including phenoxy) is 2. The van der Waals surface area contributed by atoms with Crippen molar-refractivity contribution in [3.05, 3.63) is 34.9 Å². The largest absolute Gasteiger partial charge is 0.476 e. The molecule has 0 bridgehead atoms. The molecule has 5 heterocycles. The van der Waals surface area contributed by atoms with E-state index in [4.69, 9.17) is 13.6 Å². The van der Waals surface area contributed by atoms with Gasteiger partial charge in [0.15, 0.2) is 17.3 Å². The average Bonchev–Trinajstić information content (AvgIpc) is 3.22. The van der Waals surface area contributed by atoms with E-state index in [0.29, 0.717) is 28.5 Å². The van der Waals surface area contributed by atoms with Crippen molar-refractivity contribution in [3.63, 3.8) is 0 Å². The minimum atomic E-state index is -2.71. The van der Waals surface area contributed by atoms with Crippen LogP contribution in [-0.2, 0) is 16.5 Å². The van der Waals surface area contributed by atoms with Crippen molar-refractivity contribution in [2.75, 3.05) is 42.2 Å². The second-order valence-corrected chi connectivity index (χ2v) is 8.28. The van der Waals surface area contributed by atoms with Crippen LogP contribution >= 0.6 is 11.8 Å². The first-order valence-electron chi connectivity index (χ1n) is 11.7. The van der Waals surface area contributed by atoms with Gasteiger partial charge >= 0.3 is 6.09 Å². The van der Waals surface area contributed by atoms with Gasteiger partial charge in [-0.3, -0.25) is 19.1 Å². The third-order valence-electron chi connectivity index (χ3n) is 4.95. The topological polar surface area (TPSA) is 153 Å². The van der Waals surface area contributed by atoms with Crippen molar-refractivity contribution in [2.24, 2.45) is 6.98 Å². The van der Waals surface area contributed by atoms with E-state index in [2.05, 4.69) is 30.6 Å². The van der Waals surface area contributed by atoms with Crippen LogP contribution in [0.5, 0.6) is 5.88 Å². The minimum absolute atomic E-state index is 0.0978. The number of amides is 2. The van der Waals surface area contributed by atoms with Gasteiger partial charge in [-0.05, 0) is 6.07 Å². The van der Waals surface area contributed by atoms with E-state index < -0.39 is 24.7 Å². The molecule has 34 heavy (non-hydrogen) atoms. The van der Waals surface area contributed by atoms with Gasteiger partial charge in [-0.2, -0.15) is 4.98 Å². The standard InChI is InChI=1S/C20H20N8O5S/c1-27-16(30)8-22-12-2-3-15(26-18(12)27)32-5-4-21-6-11-9-28(20(31)33-11)13-7-23-19-17(24-13)25-14(29)10-34-19/h2-3,7-8,11,21H,4-6,9-10H2,1H3,(H,24,25,29)/t11-/m1/s1/i1D3. The van der Waals surface area contributed by atoms with Gasteiger partial charge in [-0.1, -0.05) is 11.8 Å². The van der Waals surface area contributed by atoms with E-state index in [0.717, 1.165) is 6.20 Å². The van der Waals surface area contributed by atoms with Crippen molar-refractivity contribution in [2.45, 2.75) is 11.1 Å². The number of aryl methyl sites for hydroxylation is 1. The molecule has 2 aliphatic heterocycles. The summed E-state index contributed by atoms with van der Waals surface area (Å²) in [7, 11) is 0. The van der Waals surface area contributed by atoms with Gasteiger partial charge in [0, 0.05) is 30.2 Å². The lowest BCUT2D eigenvalue weighted by molar-refractivity contribution is -0.113. The molecule has 176 valence electrons. The summed E-state index contributed by atoms with van der Waals surface area (Å²) in [6, 6.07) is 3.05. The first kappa shape index (κ1) is 18.6. The Labute approximate surface area is 201 Å². The molecule has 5 rings (SSSR count). The predicted molar refractivity (Wildman–Crippen MR) is 122 cm³/mol. The van der Waals surface area contributed by atoms with Crippen molar-refractivity contribution in [1.82, 2.24) is 29.8 Å². The normalized spacial score (nSPS) is 19.1. The Morgan fingerprint density at radius 2 is 2.21 bits per heavy atom. The summed E-state index contributed by atoms with van der Waals surface area (Å²) in [5.41, 5.74) is -0.637. The number of hydrogen-bond acceptors (Lipinski definition) is 11. The van der Waals surface area contributed by atoms with Gasteiger partial charge in [0.25, 0.3) is 5.56 Å². The van der Waals surface area contributed by atoms with Crippen LogP contribution in [0.3, 0.4) is 0 Å². The second kappa shape index (κ2) is 9.23. The molecule has 1 saturated heterocycles. The first-order chi connectivity index (χ1) is 17.7. The number of anilines is 2. The lowest BCUT2D eigenvalue weighted by Crippen LogP contribution is -2.33. The Hall–Kier alpha value is -3.78. The molecule has 1 atom stereocenters. The Balaban J connectivity index is 1.13. The molecule has 1 fully saturated rings. The number of thioether (sulfide) groups is 1. The summed E-state index contributed by atoms with van der Waals surface area (Å²) in [4.78, 5) is 53.9. The zero-order chi connectivity index (χ0) is 26.2. The maximum absolute atomic E-state index is 12.3. The van der Waals surface area contributed by atoms with Crippen LogP contribution in [0.2, 0.25) is 0 Å². The Bertz CT molecular complexity index is 1440. The van der Waals surface area contributed by atoms with Gasteiger partial charge in [0.2, 0.25) is 11.8 Å². The minimum Gasteiger partial charge on any atom is -0.476 e. The highest BCUT2D eigenvalue weighted by Crippen LogP contribution is 2.30. The summed E-state index contributed by atoms with van der Waals surface area (Å²) >= 11 is 1.28. The Morgan fingerprint density at radius 1 is 1.29 bits per heavy atom. The molecular weight excluding hydrogens is 464 g/mol. The number of hydrogen-bond donors (Lipinski definition) is 2. The number of carbonyl (C=O) groups is 2. The van der Waals surface area contributed by atoms with E-state index in [1.807, 2.05) is 0 Å². The Morgan fingerprint density at radius 3 is 3.09 bits per heavy atom. The molecular formula is C20H20N8O5S. The van der Waals surface area contributed by atoms with Crippen molar-refractivity contribution in [1.29, 1.82) is 0 Å². The fourth-order valence-electron chi connectivity index (χ4n) is 3.35. The van der Waals surface area contributed by atoms with Gasteiger partial charge in [0.05, 0.1) is 24.7 Å². The molecule has 3 aromatic heterocycles. The van der Waals surface area contributed by atoms with Gasteiger partial charge in [0.1, 0.15) is 23.3 Å². The molecule has 0 saturated carbocycles. The molecule has 0 radical (unpaired) electrons. The van der Waals surface area contributed by atoms with E-state index in [-0.39, 0.29) is 47.7 Å². The fourth-order valence-corrected chi connectivity index (χ4v) is 4.05. The lowest BCUT2D eigenvalue weighted by atomic mass is 10.3. The molecule has 0 spiro atoms. The molecule has 0 unspecified atom stereocenters. The van der Waals surface area contributed by atoms with E-state index >= 15 is 0 Å². The number of carbonyl (C=O) groups excluding carboxylic acids is 2. The van der Waals surface area contributed by atoms with Crippen LogP contribution in [-0.4, -0.2) is 74.6 Å². The quantitative estimate of drug-likeness (QED) is 0.438. The fraction of sp³-hybridized carbons (Fsp3) is 0.350. The number of aromatic nitrogens is 5. The zero-order valence-corrected chi connectivity index (χ0v) is 18.4. The molecule has 0 aromatic carbocycles. The number of nitrogens with zero attached hydrogens (tertiary/aromatic N) is 6. The Kier molecular flexibility index (Phi) is 5.05. The van der Waals surface area contributed by atoms with Gasteiger partial charge < -0.3 is 20.1 Å². The van der Waals surface area contributed by atoms with Crippen LogP contribution in [0.15, 0.2) is 34.3 Å². The van der Waals surface area contributed by atoms with E-state index in [1.165, 1.54) is 35.0 Å². The zero-order valence-electron chi connectivity index (χ0n) is 20.6. The smallest absolute Gasteiger partial charge is 0.416 e. The summed E-state index contributed by atoms with van der Waals surface area (Å²) < 4.78 is 34.3. The third-order valence-corrected chi connectivity index (χ3v) is 5.93. The number of rotatable bonds is 7. The first-order valence-corrected chi connectivity index (χ1v) is 11.2. The molecule has 14 heteroatoms. The maximum Gasteiger partial charge on any atom is 0.416 e. The molecule has 2 amide bonds. The van der Waals surface area contributed by atoms with Crippen molar-refractivity contribution in [3.8, 4) is 5.88 Å². The van der Waals surface area contributed by atoms with E-state index in [1.54, 1.807) is 0 Å². The van der Waals surface area contributed by atoms with Crippen molar-refractivity contribution < 1.29 is 23.2 Å². The highest BCUT2D eigenvalue weighted by Gasteiger charge is 2.34. The third kappa shape index (κ3) is 4.49. The predicted octanol–water partition coefficient (Wildman–Crippen LogP) is 0.156. The lowest BCUT2D eigenvalue weighted by Gasteiger charge is -2.17. The van der Waals surface area contributed by atoms with Crippen LogP contribution in [0, 0.1) is 0 Å². The number of fused-ring (bicyclic) bond motifs is 2.